The van der Waals surface area contributed by atoms with Crippen LogP contribution in [0.5, 0.6) is 5.75 Å². The van der Waals surface area contributed by atoms with E-state index >= 15 is 0 Å². The molecule has 0 radical (unpaired) electrons. The van der Waals surface area contributed by atoms with Gasteiger partial charge < -0.3 is 4.74 Å². The molecule has 0 saturated carbocycles. The van der Waals surface area contributed by atoms with E-state index in [1.807, 2.05) is 0 Å². The van der Waals surface area contributed by atoms with Gasteiger partial charge >= 0.3 is 0 Å². The third-order valence-corrected chi connectivity index (χ3v) is 1.90. The second kappa shape index (κ2) is 4.53. The Hall–Kier alpha value is -1.67. The van der Waals surface area contributed by atoms with Gasteiger partial charge in [-0.05, 0) is 24.6 Å². The highest BCUT2D eigenvalue weighted by Crippen LogP contribution is 2.23. The van der Waals surface area contributed by atoms with Crippen LogP contribution in [0, 0.1) is 5.82 Å². The van der Waals surface area contributed by atoms with Crippen LogP contribution in [0.15, 0.2) is 23.2 Å². The van der Waals surface area contributed by atoms with Crippen LogP contribution in [-0.4, -0.2) is 13.2 Å². The van der Waals surface area contributed by atoms with Gasteiger partial charge in [0.1, 0.15) is 0 Å². The number of carbonyl (C=O) groups excluding carboxylic acids is 1. The predicted molar refractivity (Wildman–Crippen MR) is 49.5 cm³/mol. The normalized spacial score (nSPS) is 11.6. The summed E-state index contributed by atoms with van der Waals surface area (Å²) < 4.78 is 17.8. The standard InChI is InChI=1S/C10H10FNO2/c1-7(12-6-13)8-3-4-9(11)10(5-8)14-2/h3-5,7H,1-2H3. The van der Waals surface area contributed by atoms with E-state index in [0.717, 1.165) is 0 Å². The van der Waals surface area contributed by atoms with E-state index in [4.69, 9.17) is 4.74 Å². The molecule has 0 amide bonds. The molecule has 1 aromatic carbocycles. The summed E-state index contributed by atoms with van der Waals surface area (Å²) in [6, 6.07) is 4.02. The van der Waals surface area contributed by atoms with Gasteiger partial charge in [-0.15, -0.1) is 0 Å². The Morgan fingerprint density at radius 1 is 1.57 bits per heavy atom. The van der Waals surface area contributed by atoms with Crippen molar-refractivity contribution in [1.82, 2.24) is 0 Å². The molecule has 1 unspecified atom stereocenters. The van der Waals surface area contributed by atoms with Crippen LogP contribution >= 0.6 is 0 Å². The first kappa shape index (κ1) is 10.4. The molecule has 14 heavy (non-hydrogen) atoms. The SMILES string of the molecule is COc1cc(C(C)N=C=O)ccc1F. The number of benzene rings is 1. The Balaban J connectivity index is 3.05. The molecule has 0 spiro atoms. The average molecular weight is 195 g/mol. The summed E-state index contributed by atoms with van der Waals surface area (Å²) in [5, 5.41) is 0. The zero-order valence-corrected chi connectivity index (χ0v) is 7.95. The first-order valence-corrected chi connectivity index (χ1v) is 4.09. The number of rotatable bonds is 3. The van der Waals surface area contributed by atoms with Crippen molar-refractivity contribution < 1.29 is 13.9 Å². The van der Waals surface area contributed by atoms with Gasteiger partial charge in [0.15, 0.2) is 11.6 Å². The van der Waals surface area contributed by atoms with Gasteiger partial charge in [-0.25, -0.2) is 9.18 Å². The third-order valence-electron chi connectivity index (χ3n) is 1.90. The van der Waals surface area contributed by atoms with Crippen LogP contribution in [0.4, 0.5) is 4.39 Å². The fourth-order valence-electron chi connectivity index (χ4n) is 1.09. The minimum Gasteiger partial charge on any atom is -0.494 e. The molecular formula is C10H10FNO2. The van der Waals surface area contributed by atoms with Crippen LogP contribution in [0.25, 0.3) is 0 Å². The Bertz CT molecular complexity index is 372. The molecular weight excluding hydrogens is 185 g/mol. The highest BCUT2D eigenvalue weighted by molar-refractivity contribution is 5.37. The van der Waals surface area contributed by atoms with Crippen molar-refractivity contribution >= 4 is 6.08 Å². The van der Waals surface area contributed by atoms with Crippen LogP contribution in [0.2, 0.25) is 0 Å². The maximum Gasteiger partial charge on any atom is 0.235 e. The quantitative estimate of drug-likeness (QED) is 0.548. The molecule has 0 aromatic heterocycles. The lowest BCUT2D eigenvalue weighted by atomic mass is 10.1. The van der Waals surface area contributed by atoms with E-state index in [2.05, 4.69) is 4.99 Å². The second-order valence-electron chi connectivity index (χ2n) is 2.79. The number of hydrogen-bond donors (Lipinski definition) is 0. The van der Waals surface area contributed by atoms with Crippen molar-refractivity contribution in [3.05, 3.63) is 29.6 Å². The van der Waals surface area contributed by atoms with E-state index in [1.165, 1.54) is 25.3 Å². The maximum atomic E-state index is 13.0. The molecule has 0 saturated heterocycles. The number of ether oxygens (including phenoxy) is 1. The van der Waals surface area contributed by atoms with Gasteiger partial charge in [0.25, 0.3) is 0 Å². The molecule has 0 aliphatic carbocycles. The summed E-state index contributed by atoms with van der Waals surface area (Å²) in [6.45, 7) is 1.72. The molecule has 0 aliphatic rings. The summed E-state index contributed by atoms with van der Waals surface area (Å²) in [7, 11) is 1.38. The third kappa shape index (κ3) is 2.18. The predicted octanol–water partition coefficient (Wildman–Crippen LogP) is 2.23. The molecule has 0 N–H and O–H groups in total. The smallest absolute Gasteiger partial charge is 0.235 e. The van der Waals surface area contributed by atoms with Gasteiger partial charge in [-0.1, -0.05) is 6.07 Å². The van der Waals surface area contributed by atoms with Crippen LogP contribution in [0.3, 0.4) is 0 Å². The zero-order valence-electron chi connectivity index (χ0n) is 7.95. The highest BCUT2D eigenvalue weighted by atomic mass is 19.1. The minimum atomic E-state index is -0.432. The zero-order chi connectivity index (χ0) is 10.6. The Kier molecular flexibility index (Phi) is 3.37. The highest BCUT2D eigenvalue weighted by Gasteiger charge is 2.08. The molecule has 4 heteroatoms. The fourth-order valence-corrected chi connectivity index (χ4v) is 1.09. The van der Waals surface area contributed by atoms with E-state index in [0.29, 0.717) is 5.56 Å². The van der Waals surface area contributed by atoms with Crippen molar-refractivity contribution in [3.8, 4) is 5.75 Å². The lowest BCUT2D eigenvalue weighted by Gasteiger charge is -2.07. The summed E-state index contributed by atoms with van der Waals surface area (Å²) >= 11 is 0. The van der Waals surface area contributed by atoms with Gasteiger partial charge in [0, 0.05) is 0 Å². The first-order valence-electron chi connectivity index (χ1n) is 4.09. The monoisotopic (exact) mass is 195 g/mol. The van der Waals surface area contributed by atoms with Gasteiger partial charge in [0.2, 0.25) is 6.08 Å². The van der Waals surface area contributed by atoms with Gasteiger partial charge in [0.05, 0.1) is 13.2 Å². The lowest BCUT2D eigenvalue weighted by molar-refractivity contribution is 0.385. The molecule has 1 rings (SSSR count). The first-order chi connectivity index (χ1) is 6.69. The lowest BCUT2D eigenvalue weighted by Crippen LogP contribution is -1.93. The van der Waals surface area contributed by atoms with Crippen molar-refractivity contribution in [2.24, 2.45) is 4.99 Å². The number of methoxy groups -OCH3 is 1. The summed E-state index contributed by atoms with van der Waals surface area (Å²) in [6.07, 6.45) is 1.46. The number of aliphatic imine (C=N–C) groups is 1. The van der Waals surface area contributed by atoms with E-state index in [-0.39, 0.29) is 11.8 Å². The number of hydrogen-bond acceptors (Lipinski definition) is 3. The van der Waals surface area contributed by atoms with Crippen molar-refractivity contribution in [2.45, 2.75) is 13.0 Å². The van der Waals surface area contributed by atoms with E-state index < -0.39 is 5.82 Å². The number of isocyanates is 1. The molecule has 1 aromatic rings. The molecule has 3 nitrogen and oxygen atoms in total. The molecule has 74 valence electrons. The molecule has 1 atom stereocenters. The topological polar surface area (TPSA) is 38.7 Å². The van der Waals surface area contributed by atoms with E-state index in [1.54, 1.807) is 13.0 Å². The molecule has 0 heterocycles. The maximum absolute atomic E-state index is 13.0. The van der Waals surface area contributed by atoms with Crippen LogP contribution in [0.1, 0.15) is 18.5 Å². The van der Waals surface area contributed by atoms with Crippen molar-refractivity contribution in [1.29, 1.82) is 0 Å². The van der Waals surface area contributed by atoms with Gasteiger partial charge in [-0.2, -0.15) is 4.99 Å². The van der Waals surface area contributed by atoms with Crippen molar-refractivity contribution in [3.63, 3.8) is 0 Å². The molecule has 0 bridgehead atoms. The number of nitrogens with zero attached hydrogens (tertiary/aromatic N) is 1. The minimum absolute atomic E-state index is 0.149. The van der Waals surface area contributed by atoms with Gasteiger partial charge in [-0.3, -0.25) is 0 Å². The summed E-state index contributed by atoms with van der Waals surface area (Å²) in [5.74, 6) is -0.283. The average Bonchev–Trinajstić information content (AvgIpc) is 2.19. The Morgan fingerprint density at radius 2 is 2.29 bits per heavy atom. The molecule has 0 fully saturated rings. The summed E-state index contributed by atoms with van der Waals surface area (Å²) in [5.41, 5.74) is 0.714. The summed E-state index contributed by atoms with van der Waals surface area (Å²) in [4.78, 5) is 13.5. The fraction of sp³-hybridized carbons (Fsp3) is 0.300. The molecule has 0 aliphatic heterocycles. The number of halogens is 1. The van der Waals surface area contributed by atoms with E-state index in [9.17, 15) is 9.18 Å². The largest absolute Gasteiger partial charge is 0.494 e. The second-order valence-corrected chi connectivity index (χ2v) is 2.79. The Morgan fingerprint density at radius 3 is 2.86 bits per heavy atom. The van der Waals surface area contributed by atoms with Crippen LogP contribution < -0.4 is 4.74 Å². The van der Waals surface area contributed by atoms with Crippen LogP contribution in [-0.2, 0) is 4.79 Å². The Labute approximate surface area is 81.2 Å². The van der Waals surface area contributed by atoms with Crippen molar-refractivity contribution in [2.75, 3.05) is 7.11 Å².